The lowest BCUT2D eigenvalue weighted by atomic mass is 10.1. The van der Waals surface area contributed by atoms with Crippen LogP contribution < -0.4 is 16.4 Å². The minimum absolute atomic E-state index is 0.0348. The summed E-state index contributed by atoms with van der Waals surface area (Å²) in [4.78, 5) is 30.7. The third kappa shape index (κ3) is 5.95. The summed E-state index contributed by atoms with van der Waals surface area (Å²) < 4.78 is 66.4. The number of nitrogen functional groups attached to an aromatic ring is 1. The number of nitrogens with zero attached hydrogens (tertiary/aromatic N) is 8. The first-order valence-corrected chi connectivity index (χ1v) is 11.9. The molecule has 0 unspecified atom stereocenters. The molecule has 42 heavy (non-hydrogen) atoms. The van der Waals surface area contributed by atoms with E-state index < -0.39 is 36.3 Å². The van der Waals surface area contributed by atoms with Gasteiger partial charge in [-0.3, -0.25) is 9.59 Å². The number of anilines is 2. The third-order valence-electron chi connectivity index (χ3n) is 5.49. The Balaban J connectivity index is 1.73. The highest BCUT2D eigenvalue weighted by atomic mass is 35.5. The smallest absolute Gasteiger partial charge is 0.399 e. The Morgan fingerprint density at radius 3 is 2.55 bits per heavy atom. The highest BCUT2D eigenvalue weighted by Gasteiger charge is 2.62. The fourth-order valence-electron chi connectivity index (χ4n) is 3.62. The van der Waals surface area contributed by atoms with Gasteiger partial charge in [0.1, 0.15) is 18.8 Å². The Morgan fingerprint density at radius 2 is 1.88 bits per heavy atom. The van der Waals surface area contributed by atoms with Gasteiger partial charge in [0.25, 0.3) is 17.6 Å². The molecule has 0 aliphatic heterocycles. The molecule has 4 rings (SSSR count). The predicted molar refractivity (Wildman–Crippen MR) is 135 cm³/mol. The molecule has 3 heterocycles. The lowest BCUT2D eigenvalue weighted by molar-refractivity contribution is -0.292. The Morgan fingerprint density at radius 1 is 1.14 bits per heavy atom. The fourth-order valence-corrected chi connectivity index (χ4v) is 3.83. The van der Waals surface area contributed by atoms with Crippen LogP contribution in [-0.4, -0.2) is 59.5 Å². The van der Waals surface area contributed by atoms with Crippen molar-refractivity contribution in [2.45, 2.75) is 25.6 Å². The van der Waals surface area contributed by atoms with Crippen molar-refractivity contribution in [1.29, 1.82) is 5.26 Å². The first-order chi connectivity index (χ1) is 19.7. The molecule has 1 aromatic carbocycles. The molecule has 0 saturated carbocycles. The van der Waals surface area contributed by atoms with Crippen LogP contribution in [0.5, 0.6) is 0 Å². The van der Waals surface area contributed by atoms with Crippen LogP contribution >= 0.6 is 11.6 Å². The van der Waals surface area contributed by atoms with Crippen LogP contribution in [0.2, 0.25) is 5.02 Å². The number of benzene rings is 1. The van der Waals surface area contributed by atoms with Crippen LogP contribution in [0, 0.1) is 18.3 Å². The highest BCUT2D eigenvalue weighted by Crippen LogP contribution is 2.41. The van der Waals surface area contributed by atoms with E-state index in [0.29, 0.717) is 10.4 Å². The topological polar surface area (TPSA) is 182 Å². The largest absolute Gasteiger partial charge is 0.461 e. The van der Waals surface area contributed by atoms with E-state index in [1.165, 1.54) is 30.5 Å². The number of nitrogens with one attached hydrogen (secondary N) is 2. The van der Waals surface area contributed by atoms with Crippen molar-refractivity contribution in [1.82, 2.24) is 40.3 Å². The molecule has 218 valence electrons. The number of aromatic nitrogens is 7. The molecular weight excluding hydrogens is 593 g/mol. The van der Waals surface area contributed by atoms with Gasteiger partial charge in [-0.05, 0) is 48.0 Å². The molecule has 0 spiro atoms. The molecule has 4 aromatic rings. The minimum Gasteiger partial charge on any atom is -0.399 e. The number of aryl methyl sites for hydroxylation is 1. The lowest BCUT2D eigenvalue weighted by Crippen LogP contribution is -2.35. The van der Waals surface area contributed by atoms with E-state index >= 15 is 0 Å². The van der Waals surface area contributed by atoms with E-state index in [2.05, 4.69) is 36.1 Å². The first-order valence-electron chi connectivity index (χ1n) is 11.5. The van der Waals surface area contributed by atoms with Crippen LogP contribution in [0.1, 0.15) is 37.9 Å². The Hall–Kier alpha value is -5.18. The predicted octanol–water partition coefficient (Wildman–Crippen LogP) is 3.01. The Bertz CT molecular complexity index is 1710. The summed E-state index contributed by atoms with van der Waals surface area (Å²) in [5, 5.41) is 27.1. The number of carbonyl (C=O) groups excluding carboxylic acids is 2. The van der Waals surface area contributed by atoms with Crippen molar-refractivity contribution in [3.63, 3.8) is 0 Å². The number of hydrogen-bond donors (Lipinski definition) is 3. The molecule has 0 atom stereocenters. The van der Waals surface area contributed by atoms with E-state index in [0.717, 1.165) is 10.7 Å². The summed E-state index contributed by atoms with van der Waals surface area (Å²) in [5.74, 6) is -8.82. The van der Waals surface area contributed by atoms with Gasteiger partial charge in [0.2, 0.25) is 0 Å². The number of amides is 2. The van der Waals surface area contributed by atoms with Crippen molar-refractivity contribution in [3.8, 4) is 11.9 Å². The van der Waals surface area contributed by atoms with Crippen LogP contribution in [0.15, 0.2) is 36.5 Å². The average molecular weight is 610 g/mol. The summed E-state index contributed by atoms with van der Waals surface area (Å²) in [7, 11) is 0. The molecule has 0 saturated heterocycles. The van der Waals surface area contributed by atoms with Crippen LogP contribution in [0.4, 0.5) is 33.3 Å². The number of nitriles is 1. The summed E-state index contributed by atoms with van der Waals surface area (Å²) in [6, 6.07) is 8.64. The van der Waals surface area contributed by atoms with Gasteiger partial charge < -0.3 is 16.4 Å². The highest BCUT2D eigenvalue weighted by molar-refractivity contribution is 6.32. The zero-order chi connectivity index (χ0) is 30.8. The normalized spacial score (nSPS) is 11.7. The van der Waals surface area contributed by atoms with Crippen molar-refractivity contribution >= 4 is 34.8 Å². The Kier molecular flexibility index (Phi) is 8.06. The number of hydrogen-bond acceptors (Lipinski definition) is 9. The van der Waals surface area contributed by atoms with Gasteiger partial charge in [-0.15, -0.1) is 10.2 Å². The molecule has 0 radical (unpaired) electrons. The molecule has 4 N–H and O–H groups in total. The molecular formula is C23H17ClF5N11O2. The van der Waals surface area contributed by atoms with Gasteiger partial charge in [0, 0.05) is 11.9 Å². The maximum Gasteiger partial charge on any atom is 0.461 e. The molecule has 0 bridgehead atoms. The molecule has 19 heteroatoms. The number of carbonyl (C=O) groups is 2. The molecule has 3 aromatic heterocycles. The molecule has 0 aliphatic rings. The van der Waals surface area contributed by atoms with Gasteiger partial charge in [-0.2, -0.15) is 37.1 Å². The van der Waals surface area contributed by atoms with E-state index in [-0.39, 0.29) is 45.7 Å². The molecule has 13 nitrogen and oxygen atoms in total. The van der Waals surface area contributed by atoms with E-state index in [1.54, 1.807) is 13.0 Å². The van der Waals surface area contributed by atoms with Crippen LogP contribution in [0.3, 0.4) is 0 Å². The lowest BCUT2D eigenvalue weighted by Gasteiger charge is -2.15. The van der Waals surface area contributed by atoms with Crippen molar-refractivity contribution in [2.75, 3.05) is 17.6 Å². The van der Waals surface area contributed by atoms with Gasteiger partial charge in [0.05, 0.1) is 28.0 Å². The van der Waals surface area contributed by atoms with Crippen molar-refractivity contribution in [2.24, 2.45) is 0 Å². The standard InChI is InChI=1S/C23H17ClF5N11O2/c1-11-7-12(31)8-14(19(41)33-6-4-30)17(11)34-20(42)16-9-13(36-40(16)18-15(24)3-2-5-32-18)10-39-37-21(35-38-39)22(25,26)23(27,28)29/h2-3,5,7-9H,6,10,31H2,1H3,(H,33,41)(H,34,42). The number of rotatable bonds is 8. The van der Waals surface area contributed by atoms with E-state index in [1.807, 2.05) is 0 Å². The number of pyridine rings is 1. The molecule has 0 fully saturated rings. The van der Waals surface area contributed by atoms with Gasteiger partial charge in [-0.1, -0.05) is 11.6 Å². The first kappa shape index (κ1) is 29.8. The number of nitrogens with two attached hydrogens (primary N) is 1. The third-order valence-corrected chi connectivity index (χ3v) is 5.79. The number of tetrazole rings is 1. The van der Waals surface area contributed by atoms with Crippen LogP contribution in [0.25, 0.3) is 5.82 Å². The molecule has 2 amide bonds. The SMILES string of the molecule is Cc1cc(N)cc(C(=O)NCC#N)c1NC(=O)c1cc(Cn2nnc(C(F)(F)C(F)(F)F)n2)nn1-c1ncccc1Cl. The average Bonchev–Trinajstić information content (AvgIpc) is 3.56. The van der Waals surface area contributed by atoms with Crippen molar-refractivity contribution in [3.05, 3.63) is 69.9 Å². The van der Waals surface area contributed by atoms with E-state index in [9.17, 15) is 31.5 Å². The number of alkyl halides is 5. The fraction of sp³-hybridized carbons (Fsp3) is 0.217. The van der Waals surface area contributed by atoms with Gasteiger partial charge >= 0.3 is 12.1 Å². The maximum absolute atomic E-state index is 13.6. The summed E-state index contributed by atoms with van der Waals surface area (Å²) >= 11 is 6.24. The monoisotopic (exact) mass is 609 g/mol. The maximum atomic E-state index is 13.6. The summed E-state index contributed by atoms with van der Waals surface area (Å²) in [6.45, 7) is 0.665. The second-order valence-electron chi connectivity index (χ2n) is 8.51. The summed E-state index contributed by atoms with van der Waals surface area (Å²) in [5.41, 5.74) is 6.13. The minimum atomic E-state index is -5.95. The second kappa shape index (κ2) is 11.4. The van der Waals surface area contributed by atoms with E-state index in [4.69, 9.17) is 22.6 Å². The number of halogens is 6. The van der Waals surface area contributed by atoms with Gasteiger partial charge in [-0.25, -0.2) is 9.67 Å². The zero-order valence-corrected chi connectivity index (χ0v) is 21.9. The van der Waals surface area contributed by atoms with Crippen LogP contribution in [-0.2, 0) is 12.5 Å². The quantitative estimate of drug-likeness (QED) is 0.154. The Labute approximate surface area is 237 Å². The molecule has 0 aliphatic carbocycles. The second-order valence-corrected chi connectivity index (χ2v) is 8.92. The van der Waals surface area contributed by atoms with Crippen molar-refractivity contribution < 1.29 is 31.5 Å². The zero-order valence-electron chi connectivity index (χ0n) is 21.1. The van der Waals surface area contributed by atoms with Gasteiger partial charge in [0.15, 0.2) is 5.82 Å². The summed E-state index contributed by atoms with van der Waals surface area (Å²) in [6.07, 6.45) is -4.61.